The van der Waals surface area contributed by atoms with Crippen molar-refractivity contribution in [3.63, 3.8) is 0 Å². The summed E-state index contributed by atoms with van der Waals surface area (Å²) in [4.78, 5) is 0. The molecule has 1 rings (SSSR count). The summed E-state index contributed by atoms with van der Waals surface area (Å²) in [7, 11) is 1.67. The highest BCUT2D eigenvalue weighted by Gasteiger charge is 2.03. The molecule has 1 aromatic carbocycles. The fraction of sp³-hybridized carbons (Fsp3) is 0.417. The second-order valence-electron chi connectivity index (χ2n) is 3.64. The highest BCUT2D eigenvalue weighted by Crippen LogP contribution is 2.18. The number of aryl methyl sites for hydroxylation is 2. The Hall–Kier alpha value is -1.13. The van der Waals surface area contributed by atoms with E-state index in [1.54, 1.807) is 7.11 Å². The highest BCUT2D eigenvalue weighted by atomic mass is 32.1. The highest BCUT2D eigenvalue weighted by molar-refractivity contribution is 7.80. The number of hydrogen-bond donors (Lipinski definition) is 2. The lowest BCUT2D eigenvalue weighted by molar-refractivity contribution is 0.204. The molecule has 2 N–H and O–H groups in total. The van der Waals surface area contributed by atoms with E-state index in [-0.39, 0.29) is 0 Å². The normalized spacial score (nSPS) is 9.94. The number of ether oxygens (including phenoxy) is 1. The first-order chi connectivity index (χ1) is 7.65. The van der Waals surface area contributed by atoms with E-state index in [0.29, 0.717) is 18.3 Å². The van der Waals surface area contributed by atoms with E-state index < -0.39 is 0 Å². The molecule has 3 nitrogen and oxygen atoms in total. The molecule has 0 aliphatic rings. The molecule has 88 valence electrons. The third-order valence-corrected chi connectivity index (χ3v) is 2.56. The molecule has 16 heavy (non-hydrogen) atoms. The van der Waals surface area contributed by atoms with Gasteiger partial charge >= 0.3 is 0 Å². The summed E-state index contributed by atoms with van der Waals surface area (Å²) in [5, 5.41) is 6.92. The van der Waals surface area contributed by atoms with Crippen molar-refractivity contribution < 1.29 is 4.74 Å². The Morgan fingerprint density at radius 3 is 2.50 bits per heavy atom. The summed E-state index contributed by atoms with van der Waals surface area (Å²) >= 11 is 5.19. The third-order valence-electron chi connectivity index (χ3n) is 2.31. The zero-order valence-corrected chi connectivity index (χ0v) is 10.8. The van der Waals surface area contributed by atoms with Crippen molar-refractivity contribution in [2.45, 2.75) is 13.8 Å². The van der Waals surface area contributed by atoms with Crippen LogP contribution in [0.2, 0.25) is 0 Å². The number of rotatable bonds is 4. The first-order valence-corrected chi connectivity index (χ1v) is 5.66. The molecule has 1 aromatic rings. The smallest absolute Gasteiger partial charge is 0.170 e. The van der Waals surface area contributed by atoms with E-state index in [1.807, 2.05) is 6.07 Å². The van der Waals surface area contributed by atoms with Crippen molar-refractivity contribution in [2.75, 3.05) is 25.6 Å². The maximum Gasteiger partial charge on any atom is 0.170 e. The van der Waals surface area contributed by atoms with Crippen LogP contribution < -0.4 is 10.6 Å². The van der Waals surface area contributed by atoms with Crippen LogP contribution in [0.1, 0.15) is 11.1 Å². The van der Waals surface area contributed by atoms with E-state index in [4.69, 9.17) is 17.0 Å². The summed E-state index contributed by atoms with van der Waals surface area (Å²) in [6.07, 6.45) is 0. The molecule has 0 aromatic heterocycles. The van der Waals surface area contributed by atoms with Crippen molar-refractivity contribution in [3.05, 3.63) is 29.3 Å². The van der Waals surface area contributed by atoms with Gasteiger partial charge in [-0.1, -0.05) is 18.2 Å². The van der Waals surface area contributed by atoms with Crippen LogP contribution in [0.3, 0.4) is 0 Å². The van der Waals surface area contributed by atoms with Crippen molar-refractivity contribution in [1.29, 1.82) is 0 Å². The topological polar surface area (TPSA) is 33.3 Å². The van der Waals surface area contributed by atoms with Crippen LogP contribution in [0, 0.1) is 13.8 Å². The van der Waals surface area contributed by atoms with Crippen LogP contribution in [-0.4, -0.2) is 25.4 Å². The van der Waals surface area contributed by atoms with Gasteiger partial charge in [-0.2, -0.15) is 0 Å². The van der Waals surface area contributed by atoms with Crippen LogP contribution in [0.15, 0.2) is 18.2 Å². The van der Waals surface area contributed by atoms with Crippen LogP contribution in [0.25, 0.3) is 0 Å². The minimum atomic E-state index is 0.634. The molecule has 0 radical (unpaired) electrons. The summed E-state index contributed by atoms with van der Waals surface area (Å²) < 4.78 is 4.94. The number of thiocarbonyl (C=S) groups is 1. The zero-order valence-electron chi connectivity index (χ0n) is 9.96. The molecule has 0 unspecified atom stereocenters. The Morgan fingerprint density at radius 1 is 1.31 bits per heavy atom. The standard InChI is InChI=1S/C12H18N2OS/c1-9-5-4-6-10(2)11(9)14-12(16)13-7-8-15-3/h4-6H,7-8H2,1-3H3,(H2,13,14,16). The molecule has 0 saturated carbocycles. The van der Waals surface area contributed by atoms with Gasteiger partial charge in [-0.05, 0) is 37.2 Å². The van der Waals surface area contributed by atoms with Crippen LogP contribution >= 0.6 is 12.2 Å². The average molecular weight is 238 g/mol. The van der Waals surface area contributed by atoms with E-state index in [2.05, 4.69) is 36.6 Å². The Morgan fingerprint density at radius 2 is 1.94 bits per heavy atom. The Bertz CT molecular complexity index is 346. The number of para-hydroxylation sites is 1. The molecule has 4 heteroatoms. The fourth-order valence-electron chi connectivity index (χ4n) is 1.44. The van der Waals surface area contributed by atoms with Gasteiger partial charge in [0.25, 0.3) is 0 Å². The monoisotopic (exact) mass is 238 g/mol. The van der Waals surface area contributed by atoms with Crippen molar-refractivity contribution in [3.8, 4) is 0 Å². The molecule has 0 fully saturated rings. The largest absolute Gasteiger partial charge is 0.383 e. The van der Waals surface area contributed by atoms with E-state index in [9.17, 15) is 0 Å². The lowest BCUT2D eigenvalue weighted by Gasteiger charge is -2.14. The van der Waals surface area contributed by atoms with Gasteiger partial charge in [0.15, 0.2) is 5.11 Å². The lowest BCUT2D eigenvalue weighted by atomic mass is 10.1. The molecule has 0 spiro atoms. The van der Waals surface area contributed by atoms with Gasteiger partial charge in [-0.25, -0.2) is 0 Å². The predicted molar refractivity (Wildman–Crippen MR) is 72.0 cm³/mol. The van der Waals surface area contributed by atoms with E-state index >= 15 is 0 Å². The number of anilines is 1. The van der Waals surface area contributed by atoms with Gasteiger partial charge in [0.1, 0.15) is 0 Å². The predicted octanol–water partition coefficient (Wildman–Crippen LogP) is 2.24. The first-order valence-electron chi connectivity index (χ1n) is 5.25. The van der Waals surface area contributed by atoms with Gasteiger partial charge in [0.2, 0.25) is 0 Å². The first kappa shape index (κ1) is 12.9. The summed E-state index contributed by atoms with van der Waals surface area (Å²) in [6.45, 7) is 5.49. The summed E-state index contributed by atoms with van der Waals surface area (Å²) in [5.41, 5.74) is 3.46. The van der Waals surface area contributed by atoms with Crippen molar-refractivity contribution in [2.24, 2.45) is 0 Å². The Labute approximate surface area is 102 Å². The van der Waals surface area contributed by atoms with Gasteiger partial charge in [-0.3, -0.25) is 0 Å². The van der Waals surface area contributed by atoms with Crippen LogP contribution in [0.4, 0.5) is 5.69 Å². The van der Waals surface area contributed by atoms with Gasteiger partial charge < -0.3 is 15.4 Å². The number of methoxy groups -OCH3 is 1. The zero-order chi connectivity index (χ0) is 12.0. The minimum absolute atomic E-state index is 0.634. The molecule has 0 amide bonds. The molecule has 0 atom stereocenters. The molecular formula is C12H18N2OS. The SMILES string of the molecule is COCCNC(=S)Nc1c(C)cccc1C. The summed E-state index contributed by atoms with van der Waals surface area (Å²) in [6, 6.07) is 6.16. The number of nitrogens with one attached hydrogen (secondary N) is 2. The van der Waals surface area contributed by atoms with Crippen LogP contribution in [0.5, 0.6) is 0 Å². The molecule has 0 heterocycles. The summed E-state index contributed by atoms with van der Waals surface area (Å²) in [5.74, 6) is 0. The Balaban J connectivity index is 2.56. The average Bonchev–Trinajstić information content (AvgIpc) is 2.24. The maximum atomic E-state index is 5.19. The van der Waals surface area contributed by atoms with Crippen molar-refractivity contribution in [1.82, 2.24) is 5.32 Å². The van der Waals surface area contributed by atoms with E-state index in [0.717, 1.165) is 5.69 Å². The number of benzene rings is 1. The molecule has 0 aliphatic carbocycles. The van der Waals surface area contributed by atoms with Crippen LogP contribution in [-0.2, 0) is 4.74 Å². The Kier molecular flexibility index (Phi) is 5.22. The molecular weight excluding hydrogens is 220 g/mol. The third kappa shape index (κ3) is 3.79. The van der Waals surface area contributed by atoms with Gasteiger partial charge in [-0.15, -0.1) is 0 Å². The molecule has 0 saturated heterocycles. The lowest BCUT2D eigenvalue weighted by Crippen LogP contribution is -2.31. The molecule has 0 aliphatic heterocycles. The maximum absolute atomic E-state index is 5.19. The van der Waals surface area contributed by atoms with Gasteiger partial charge in [0, 0.05) is 19.3 Å². The quantitative estimate of drug-likeness (QED) is 0.622. The minimum Gasteiger partial charge on any atom is -0.383 e. The van der Waals surface area contributed by atoms with E-state index in [1.165, 1.54) is 11.1 Å². The van der Waals surface area contributed by atoms with Crippen molar-refractivity contribution >= 4 is 23.0 Å². The molecule has 0 bridgehead atoms. The van der Waals surface area contributed by atoms with Gasteiger partial charge in [0.05, 0.1) is 6.61 Å². The number of hydrogen-bond acceptors (Lipinski definition) is 2. The second-order valence-corrected chi connectivity index (χ2v) is 4.05. The second kappa shape index (κ2) is 6.45. The fourth-order valence-corrected chi connectivity index (χ4v) is 1.64.